The number of alkyl halides is 3. The van der Waals surface area contributed by atoms with Crippen LogP contribution in [0.4, 0.5) is 13.2 Å². The van der Waals surface area contributed by atoms with Crippen LogP contribution >= 0.6 is 0 Å². The molecule has 0 saturated heterocycles. The lowest BCUT2D eigenvalue weighted by Crippen LogP contribution is -2.39. The number of hydrogen-bond donors (Lipinski definition) is 1. The largest absolute Gasteiger partial charge is 0.390 e. The van der Waals surface area contributed by atoms with Gasteiger partial charge in [-0.3, -0.25) is 0 Å². The van der Waals surface area contributed by atoms with E-state index in [0.29, 0.717) is 0 Å². The third kappa shape index (κ3) is 6.87. The van der Waals surface area contributed by atoms with Crippen molar-refractivity contribution in [3.63, 3.8) is 0 Å². The first kappa shape index (κ1) is 12.8. The third-order valence-corrected chi connectivity index (χ3v) is 2.16. The van der Waals surface area contributed by atoms with Crippen LogP contribution in [-0.2, 0) is 0 Å². The molecule has 0 amide bonds. The van der Waals surface area contributed by atoms with Gasteiger partial charge in [0.25, 0.3) is 0 Å². The molecule has 0 aliphatic heterocycles. The summed E-state index contributed by atoms with van der Waals surface area (Å²) in [6, 6.07) is 0.0925. The molecule has 1 N–H and O–H groups in total. The van der Waals surface area contributed by atoms with Crippen LogP contribution in [0.2, 0.25) is 0 Å². The Bertz CT molecular complexity index is 146. The average Bonchev–Trinajstić information content (AvgIpc) is 1.82. The fraction of sp³-hybridized carbons (Fsp3) is 1.00. The fourth-order valence-corrected chi connectivity index (χ4v) is 0.737. The molecule has 0 fully saturated rings. The molecule has 0 saturated carbocycles. The van der Waals surface area contributed by atoms with E-state index in [-0.39, 0.29) is 18.0 Å². The predicted molar refractivity (Wildman–Crippen MR) is 47.6 cm³/mol. The zero-order valence-electron chi connectivity index (χ0n) is 8.63. The van der Waals surface area contributed by atoms with Crippen molar-refractivity contribution in [2.45, 2.75) is 46.3 Å². The second-order valence-electron chi connectivity index (χ2n) is 4.41. The van der Waals surface area contributed by atoms with E-state index < -0.39 is 12.6 Å². The van der Waals surface area contributed by atoms with Crippen molar-refractivity contribution in [2.75, 3.05) is 6.54 Å². The molecule has 1 unspecified atom stereocenters. The van der Waals surface area contributed by atoms with Crippen LogP contribution in [0.5, 0.6) is 0 Å². The molecule has 0 spiro atoms. The number of rotatable bonds is 3. The van der Waals surface area contributed by atoms with Crippen LogP contribution in [0.25, 0.3) is 0 Å². The van der Waals surface area contributed by atoms with Gasteiger partial charge in [-0.1, -0.05) is 20.8 Å². The van der Waals surface area contributed by atoms with Crippen molar-refractivity contribution in [3.05, 3.63) is 0 Å². The lowest BCUT2D eigenvalue weighted by Gasteiger charge is -2.28. The first-order chi connectivity index (χ1) is 5.63. The van der Waals surface area contributed by atoms with Crippen LogP contribution in [0, 0.1) is 5.41 Å². The van der Waals surface area contributed by atoms with Crippen molar-refractivity contribution in [3.8, 4) is 0 Å². The van der Waals surface area contributed by atoms with Crippen molar-refractivity contribution in [1.29, 1.82) is 0 Å². The zero-order valence-corrected chi connectivity index (χ0v) is 8.63. The summed E-state index contributed by atoms with van der Waals surface area (Å²) < 4.78 is 35.3. The molecule has 0 aromatic carbocycles. The van der Waals surface area contributed by atoms with E-state index in [4.69, 9.17) is 0 Å². The second-order valence-corrected chi connectivity index (χ2v) is 4.41. The van der Waals surface area contributed by atoms with Crippen LogP contribution in [0.1, 0.15) is 34.1 Å². The van der Waals surface area contributed by atoms with Crippen molar-refractivity contribution in [1.82, 2.24) is 5.32 Å². The minimum atomic E-state index is -4.05. The first-order valence-corrected chi connectivity index (χ1v) is 4.43. The van der Waals surface area contributed by atoms with Crippen LogP contribution < -0.4 is 5.32 Å². The Balaban J connectivity index is 3.67. The van der Waals surface area contributed by atoms with E-state index in [1.807, 2.05) is 27.7 Å². The summed E-state index contributed by atoms with van der Waals surface area (Å²) in [6.07, 6.45) is -4.81. The maximum Gasteiger partial charge on any atom is 0.390 e. The van der Waals surface area contributed by atoms with E-state index in [1.54, 1.807) is 0 Å². The van der Waals surface area contributed by atoms with E-state index in [9.17, 15) is 13.2 Å². The molecule has 1 atom stereocenters. The van der Waals surface area contributed by atoms with Crippen molar-refractivity contribution < 1.29 is 13.2 Å². The predicted octanol–water partition coefficient (Wildman–Crippen LogP) is 2.96. The smallest absolute Gasteiger partial charge is 0.313 e. The summed E-state index contributed by atoms with van der Waals surface area (Å²) in [7, 11) is 0. The van der Waals surface area contributed by atoms with Gasteiger partial charge in [-0.2, -0.15) is 13.2 Å². The highest BCUT2D eigenvalue weighted by atomic mass is 19.4. The van der Waals surface area contributed by atoms with Gasteiger partial charge >= 0.3 is 6.18 Å². The molecule has 0 rings (SSSR count). The average molecular weight is 197 g/mol. The maximum absolute atomic E-state index is 11.8. The Morgan fingerprint density at radius 2 is 1.62 bits per heavy atom. The third-order valence-electron chi connectivity index (χ3n) is 2.16. The van der Waals surface area contributed by atoms with E-state index in [1.165, 1.54) is 0 Å². The normalized spacial score (nSPS) is 15.9. The van der Waals surface area contributed by atoms with Gasteiger partial charge in [-0.25, -0.2) is 0 Å². The van der Waals surface area contributed by atoms with Gasteiger partial charge in [0.05, 0.1) is 6.42 Å². The monoisotopic (exact) mass is 197 g/mol. The summed E-state index contributed by atoms with van der Waals surface area (Å²) in [6.45, 7) is 7.90. The summed E-state index contributed by atoms with van der Waals surface area (Å²) >= 11 is 0. The Hall–Kier alpha value is -0.250. The Labute approximate surface area is 77.7 Å². The molecular weight excluding hydrogens is 179 g/mol. The molecule has 0 aliphatic carbocycles. The minimum Gasteiger partial charge on any atom is -0.313 e. The van der Waals surface area contributed by atoms with Gasteiger partial charge in [0.2, 0.25) is 0 Å². The molecule has 1 nitrogen and oxygen atoms in total. The number of hydrogen-bond acceptors (Lipinski definition) is 1. The highest BCUT2D eigenvalue weighted by Crippen LogP contribution is 2.21. The molecule has 0 radical (unpaired) electrons. The summed E-state index contributed by atoms with van der Waals surface area (Å²) in [5.74, 6) is 0. The SMILES string of the molecule is CC(NCCC(F)(F)F)C(C)(C)C. The molecule has 0 aromatic rings. The molecule has 80 valence electrons. The Morgan fingerprint density at radius 3 is 1.92 bits per heavy atom. The molecule has 0 bridgehead atoms. The van der Waals surface area contributed by atoms with Gasteiger partial charge in [0.1, 0.15) is 0 Å². The van der Waals surface area contributed by atoms with Gasteiger partial charge in [-0.15, -0.1) is 0 Å². The molecule has 0 aliphatic rings. The number of halogens is 3. The first-order valence-electron chi connectivity index (χ1n) is 4.43. The molecule has 0 heterocycles. The minimum absolute atomic E-state index is 0.00192. The van der Waals surface area contributed by atoms with Gasteiger partial charge in [0, 0.05) is 12.6 Å². The van der Waals surface area contributed by atoms with E-state index in [2.05, 4.69) is 5.32 Å². The van der Waals surface area contributed by atoms with E-state index in [0.717, 1.165) is 0 Å². The molecule has 0 aromatic heterocycles. The Morgan fingerprint density at radius 1 is 1.15 bits per heavy atom. The summed E-state index contributed by atoms with van der Waals surface area (Å²) in [4.78, 5) is 0. The highest BCUT2D eigenvalue weighted by Gasteiger charge is 2.27. The molecule has 4 heteroatoms. The Kier molecular flexibility index (Phi) is 4.23. The zero-order chi connectivity index (χ0) is 10.7. The quantitative estimate of drug-likeness (QED) is 0.733. The van der Waals surface area contributed by atoms with Gasteiger partial charge in [0.15, 0.2) is 0 Å². The molecular formula is C9H18F3N. The number of nitrogens with one attached hydrogen (secondary N) is 1. The lowest BCUT2D eigenvalue weighted by molar-refractivity contribution is -0.133. The fourth-order valence-electron chi connectivity index (χ4n) is 0.737. The van der Waals surface area contributed by atoms with Gasteiger partial charge < -0.3 is 5.32 Å². The van der Waals surface area contributed by atoms with Crippen LogP contribution in [0.15, 0.2) is 0 Å². The second kappa shape index (κ2) is 4.31. The summed E-state index contributed by atoms with van der Waals surface area (Å²) in [5.41, 5.74) is 0.00555. The highest BCUT2D eigenvalue weighted by molar-refractivity contribution is 4.76. The van der Waals surface area contributed by atoms with Crippen LogP contribution in [0.3, 0.4) is 0 Å². The summed E-state index contributed by atoms with van der Waals surface area (Å²) in [5, 5.41) is 2.86. The molecule has 13 heavy (non-hydrogen) atoms. The standard InChI is InChI=1S/C9H18F3N/c1-7(8(2,3)4)13-6-5-9(10,11)12/h7,13H,5-6H2,1-4H3. The topological polar surface area (TPSA) is 12.0 Å². The lowest BCUT2D eigenvalue weighted by atomic mass is 9.88. The maximum atomic E-state index is 11.8. The van der Waals surface area contributed by atoms with Crippen LogP contribution in [-0.4, -0.2) is 18.8 Å². The van der Waals surface area contributed by atoms with Crippen molar-refractivity contribution in [2.24, 2.45) is 5.41 Å². The van der Waals surface area contributed by atoms with Gasteiger partial charge in [-0.05, 0) is 12.3 Å². The van der Waals surface area contributed by atoms with Crippen molar-refractivity contribution >= 4 is 0 Å². The van der Waals surface area contributed by atoms with E-state index >= 15 is 0 Å².